The summed E-state index contributed by atoms with van der Waals surface area (Å²) in [6, 6.07) is 8.12. The molecule has 0 radical (unpaired) electrons. The minimum Gasteiger partial charge on any atom is -0.354 e. The van der Waals surface area contributed by atoms with Crippen molar-refractivity contribution in [3.8, 4) is 0 Å². The molecule has 1 aliphatic rings. The molecule has 0 bridgehead atoms. The van der Waals surface area contributed by atoms with Crippen molar-refractivity contribution in [2.45, 2.75) is 32.2 Å². The van der Waals surface area contributed by atoms with E-state index < -0.39 is 0 Å². The number of nitrogens with one attached hydrogen (secondary N) is 2. The van der Waals surface area contributed by atoms with Crippen LogP contribution in [-0.4, -0.2) is 24.4 Å². The maximum Gasteiger partial charge on any atom is 0.222 e. The number of rotatable bonds is 4. The first-order valence-electron chi connectivity index (χ1n) is 6.25. The predicted molar refractivity (Wildman–Crippen MR) is 69.1 cm³/mol. The molecule has 0 aromatic heterocycles. The van der Waals surface area contributed by atoms with E-state index in [9.17, 15) is 9.59 Å². The van der Waals surface area contributed by atoms with Crippen molar-refractivity contribution in [2.75, 3.05) is 6.54 Å². The Morgan fingerprint density at radius 2 is 2.33 bits per heavy atom. The van der Waals surface area contributed by atoms with Gasteiger partial charge >= 0.3 is 0 Å². The van der Waals surface area contributed by atoms with Crippen molar-refractivity contribution in [2.24, 2.45) is 0 Å². The summed E-state index contributed by atoms with van der Waals surface area (Å²) in [5, 5.41) is 5.57. The molecular formula is C14H18N2O2. The first-order chi connectivity index (χ1) is 8.63. The van der Waals surface area contributed by atoms with Gasteiger partial charge in [0.25, 0.3) is 0 Å². The third kappa shape index (κ3) is 3.58. The Morgan fingerprint density at radius 3 is 3.00 bits per heavy atom. The highest BCUT2D eigenvalue weighted by Crippen LogP contribution is 2.07. The van der Waals surface area contributed by atoms with E-state index in [1.807, 2.05) is 25.1 Å². The topological polar surface area (TPSA) is 58.2 Å². The van der Waals surface area contributed by atoms with Crippen molar-refractivity contribution >= 4 is 11.8 Å². The summed E-state index contributed by atoms with van der Waals surface area (Å²) in [5.41, 5.74) is 2.38. The summed E-state index contributed by atoms with van der Waals surface area (Å²) in [4.78, 5) is 22.7. The second-order valence-corrected chi connectivity index (χ2v) is 4.76. The second-order valence-electron chi connectivity index (χ2n) is 4.76. The molecule has 1 aromatic rings. The minimum atomic E-state index is -0.0393. The fourth-order valence-corrected chi connectivity index (χ4v) is 2.13. The molecule has 1 saturated heterocycles. The van der Waals surface area contributed by atoms with Gasteiger partial charge in [-0.15, -0.1) is 0 Å². The molecule has 2 rings (SSSR count). The molecule has 0 aliphatic carbocycles. The van der Waals surface area contributed by atoms with Gasteiger partial charge in [-0.2, -0.15) is 0 Å². The maximum atomic E-state index is 11.7. The molecule has 0 spiro atoms. The lowest BCUT2D eigenvalue weighted by molar-refractivity contribution is -0.121. The molecule has 2 amide bonds. The van der Waals surface area contributed by atoms with Crippen LogP contribution in [0.2, 0.25) is 0 Å². The molecule has 96 valence electrons. The number of hydrogen-bond donors (Lipinski definition) is 2. The molecule has 0 saturated carbocycles. The zero-order valence-electron chi connectivity index (χ0n) is 10.5. The summed E-state index contributed by atoms with van der Waals surface area (Å²) in [7, 11) is 0. The number of aryl methyl sites for hydroxylation is 2. The number of hydrogen-bond acceptors (Lipinski definition) is 2. The van der Waals surface area contributed by atoms with Gasteiger partial charge in [0.15, 0.2) is 0 Å². The molecule has 2 N–H and O–H groups in total. The van der Waals surface area contributed by atoms with Crippen molar-refractivity contribution in [1.82, 2.24) is 10.6 Å². The molecule has 18 heavy (non-hydrogen) atoms. The SMILES string of the molecule is Cc1cccc(CCC(=O)NC2CNC(=O)C2)c1. The Balaban J connectivity index is 1.76. The van der Waals surface area contributed by atoms with Crippen LogP contribution in [0.5, 0.6) is 0 Å². The lowest BCUT2D eigenvalue weighted by atomic mass is 10.1. The molecule has 1 aliphatic heterocycles. The van der Waals surface area contributed by atoms with Crippen LogP contribution in [0.15, 0.2) is 24.3 Å². The van der Waals surface area contributed by atoms with E-state index in [1.165, 1.54) is 11.1 Å². The number of carbonyl (C=O) groups is 2. The third-order valence-electron chi connectivity index (χ3n) is 3.07. The highest BCUT2D eigenvalue weighted by Gasteiger charge is 2.22. The number of carbonyl (C=O) groups excluding carboxylic acids is 2. The molecule has 1 atom stereocenters. The number of benzene rings is 1. The van der Waals surface area contributed by atoms with Crippen molar-refractivity contribution in [3.63, 3.8) is 0 Å². The van der Waals surface area contributed by atoms with Gasteiger partial charge in [-0.1, -0.05) is 29.8 Å². The minimum absolute atomic E-state index is 0.0120. The van der Waals surface area contributed by atoms with E-state index in [0.29, 0.717) is 19.4 Å². The normalized spacial score (nSPS) is 18.5. The average Bonchev–Trinajstić information content (AvgIpc) is 2.72. The highest BCUT2D eigenvalue weighted by molar-refractivity contribution is 5.82. The van der Waals surface area contributed by atoms with E-state index >= 15 is 0 Å². The Kier molecular flexibility index (Phi) is 3.97. The zero-order valence-corrected chi connectivity index (χ0v) is 10.5. The average molecular weight is 246 g/mol. The van der Waals surface area contributed by atoms with E-state index in [2.05, 4.69) is 16.7 Å². The van der Waals surface area contributed by atoms with E-state index in [-0.39, 0.29) is 17.9 Å². The van der Waals surface area contributed by atoms with E-state index in [0.717, 1.165) is 6.42 Å². The molecule has 1 fully saturated rings. The summed E-state index contributed by atoms with van der Waals surface area (Å²) < 4.78 is 0. The van der Waals surface area contributed by atoms with Gasteiger partial charge in [-0.05, 0) is 18.9 Å². The predicted octanol–water partition coefficient (Wildman–Crippen LogP) is 0.932. The smallest absolute Gasteiger partial charge is 0.222 e. The van der Waals surface area contributed by atoms with Crippen LogP contribution in [0, 0.1) is 6.92 Å². The summed E-state index contributed by atoms with van der Waals surface area (Å²) >= 11 is 0. The Hall–Kier alpha value is -1.84. The van der Waals surface area contributed by atoms with Gasteiger partial charge in [0, 0.05) is 19.4 Å². The third-order valence-corrected chi connectivity index (χ3v) is 3.07. The van der Waals surface area contributed by atoms with E-state index in [1.54, 1.807) is 0 Å². The summed E-state index contributed by atoms with van der Waals surface area (Å²) in [6.07, 6.45) is 1.60. The fraction of sp³-hybridized carbons (Fsp3) is 0.429. The van der Waals surface area contributed by atoms with Crippen LogP contribution in [-0.2, 0) is 16.0 Å². The molecule has 1 unspecified atom stereocenters. The van der Waals surface area contributed by atoms with Crippen LogP contribution < -0.4 is 10.6 Å². The largest absolute Gasteiger partial charge is 0.354 e. The highest BCUT2D eigenvalue weighted by atomic mass is 16.2. The Bertz CT molecular complexity index is 457. The van der Waals surface area contributed by atoms with Gasteiger partial charge < -0.3 is 10.6 Å². The van der Waals surface area contributed by atoms with Crippen LogP contribution in [0.4, 0.5) is 0 Å². The fourth-order valence-electron chi connectivity index (χ4n) is 2.13. The quantitative estimate of drug-likeness (QED) is 0.830. The van der Waals surface area contributed by atoms with E-state index in [4.69, 9.17) is 0 Å². The molecule has 1 heterocycles. The molecule has 4 heteroatoms. The Morgan fingerprint density at radius 1 is 1.50 bits per heavy atom. The van der Waals surface area contributed by atoms with Crippen LogP contribution in [0.25, 0.3) is 0 Å². The second kappa shape index (κ2) is 5.67. The standard InChI is InChI=1S/C14H18N2O2/c1-10-3-2-4-11(7-10)5-6-13(17)16-12-8-14(18)15-9-12/h2-4,7,12H,5-6,8-9H2,1H3,(H,15,18)(H,16,17). The maximum absolute atomic E-state index is 11.7. The Labute approximate surface area is 107 Å². The first-order valence-corrected chi connectivity index (χ1v) is 6.25. The number of amides is 2. The zero-order chi connectivity index (χ0) is 13.0. The van der Waals surface area contributed by atoms with Crippen LogP contribution >= 0.6 is 0 Å². The van der Waals surface area contributed by atoms with Gasteiger partial charge in [-0.3, -0.25) is 9.59 Å². The van der Waals surface area contributed by atoms with Gasteiger partial charge in [0.2, 0.25) is 11.8 Å². The molecule has 1 aromatic carbocycles. The monoisotopic (exact) mass is 246 g/mol. The van der Waals surface area contributed by atoms with Gasteiger partial charge in [0.1, 0.15) is 0 Å². The van der Waals surface area contributed by atoms with Crippen molar-refractivity contribution < 1.29 is 9.59 Å². The lowest BCUT2D eigenvalue weighted by Crippen LogP contribution is -2.36. The molecule has 4 nitrogen and oxygen atoms in total. The first kappa shape index (κ1) is 12.6. The summed E-state index contributed by atoms with van der Waals surface area (Å²) in [5.74, 6) is 0.0250. The molecular weight excluding hydrogens is 228 g/mol. The van der Waals surface area contributed by atoms with Crippen molar-refractivity contribution in [1.29, 1.82) is 0 Å². The van der Waals surface area contributed by atoms with Crippen molar-refractivity contribution in [3.05, 3.63) is 35.4 Å². The van der Waals surface area contributed by atoms with Gasteiger partial charge in [-0.25, -0.2) is 0 Å². The van der Waals surface area contributed by atoms with Gasteiger partial charge in [0.05, 0.1) is 6.04 Å². The van der Waals surface area contributed by atoms with Crippen LogP contribution in [0.3, 0.4) is 0 Å². The lowest BCUT2D eigenvalue weighted by Gasteiger charge is -2.10. The van der Waals surface area contributed by atoms with Crippen LogP contribution in [0.1, 0.15) is 24.0 Å². The summed E-state index contributed by atoms with van der Waals surface area (Å²) in [6.45, 7) is 2.59.